The molecule has 2 amide bonds. The average molecular weight is 561 g/mol. The number of hydrogen-bond acceptors (Lipinski definition) is 6. The van der Waals surface area contributed by atoms with Gasteiger partial charge in [-0.15, -0.1) is 0 Å². The van der Waals surface area contributed by atoms with Crippen molar-refractivity contribution in [2.45, 2.75) is 71.2 Å². The van der Waals surface area contributed by atoms with Crippen LogP contribution in [0.2, 0.25) is 0 Å². The molecule has 2 atom stereocenters. The molecule has 0 spiro atoms. The van der Waals surface area contributed by atoms with Crippen LogP contribution in [0.15, 0.2) is 36.4 Å². The van der Waals surface area contributed by atoms with Gasteiger partial charge in [0, 0.05) is 55.4 Å². The second-order valence-corrected chi connectivity index (χ2v) is 11.8. The molecule has 4 radical (unpaired) electrons. The van der Waals surface area contributed by atoms with Crippen molar-refractivity contribution in [3.05, 3.63) is 64.5 Å². The standard InChI is InChI=1S/C30H38B2FN3O5/c1-19(38)15-35(18-29(2,3)4)16-20-9-6-11-23(26(20)33)30(31,32)41-25-13-7-10-21-22(25)17-36(28(21)40)24(12-8-14-37)27(39)34-5/h6-7,9-11,13-14,19,24,38H,8,12,15-18H2,1-5H3,(H,34,39). The van der Waals surface area contributed by atoms with E-state index >= 15 is 4.39 Å². The summed E-state index contributed by atoms with van der Waals surface area (Å²) in [4.78, 5) is 40.1. The van der Waals surface area contributed by atoms with Crippen molar-refractivity contribution in [2.24, 2.45) is 5.41 Å². The van der Waals surface area contributed by atoms with Crippen LogP contribution in [0.25, 0.3) is 0 Å². The van der Waals surface area contributed by atoms with E-state index in [0.29, 0.717) is 36.1 Å². The van der Waals surface area contributed by atoms with Crippen molar-refractivity contribution >= 4 is 33.8 Å². The number of aliphatic hydroxyl groups excluding tert-OH is 1. The minimum atomic E-state index is -2.09. The molecule has 2 N–H and O–H groups in total. The van der Waals surface area contributed by atoms with Crippen molar-refractivity contribution in [1.82, 2.24) is 15.1 Å². The molecular weight excluding hydrogens is 523 g/mol. The Morgan fingerprint density at radius 3 is 2.54 bits per heavy atom. The van der Waals surface area contributed by atoms with Gasteiger partial charge in [0.1, 0.15) is 39.6 Å². The maximum Gasteiger partial charge on any atom is 0.255 e. The number of amides is 2. The van der Waals surface area contributed by atoms with Gasteiger partial charge in [-0.2, -0.15) is 0 Å². The number of aldehydes is 1. The Morgan fingerprint density at radius 1 is 1.24 bits per heavy atom. The molecule has 216 valence electrons. The van der Waals surface area contributed by atoms with E-state index in [4.69, 9.17) is 20.4 Å². The van der Waals surface area contributed by atoms with Crippen molar-refractivity contribution in [1.29, 1.82) is 0 Å². The molecule has 0 aliphatic carbocycles. The third-order valence-corrected chi connectivity index (χ3v) is 6.83. The zero-order chi connectivity index (χ0) is 30.5. The molecule has 8 nitrogen and oxygen atoms in total. The van der Waals surface area contributed by atoms with Crippen molar-refractivity contribution in [2.75, 3.05) is 20.1 Å². The lowest BCUT2D eigenvalue weighted by Crippen LogP contribution is -2.46. The summed E-state index contributed by atoms with van der Waals surface area (Å²) in [5.41, 5.74) is 0.960. The highest BCUT2D eigenvalue weighted by Crippen LogP contribution is 2.36. The van der Waals surface area contributed by atoms with Crippen molar-refractivity contribution < 1.29 is 28.6 Å². The fraction of sp³-hybridized carbons (Fsp3) is 0.500. The van der Waals surface area contributed by atoms with Gasteiger partial charge >= 0.3 is 0 Å². The van der Waals surface area contributed by atoms with Gasteiger partial charge < -0.3 is 24.9 Å². The summed E-state index contributed by atoms with van der Waals surface area (Å²) in [7, 11) is 14.2. The number of ether oxygens (including phenoxy) is 1. The summed E-state index contributed by atoms with van der Waals surface area (Å²) in [6, 6.07) is 8.66. The first kappa shape index (κ1) is 32.3. The molecule has 0 bridgehead atoms. The Kier molecular flexibility index (Phi) is 10.4. The number of rotatable bonds is 13. The monoisotopic (exact) mass is 561 g/mol. The molecule has 0 saturated carbocycles. The zero-order valence-electron chi connectivity index (χ0n) is 24.4. The predicted octanol–water partition coefficient (Wildman–Crippen LogP) is 2.63. The summed E-state index contributed by atoms with van der Waals surface area (Å²) < 4.78 is 21.9. The number of hydrogen-bond donors (Lipinski definition) is 2. The fourth-order valence-electron chi connectivity index (χ4n) is 5.21. The highest BCUT2D eigenvalue weighted by Gasteiger charge is 2.38. The lowest BCUT2D eigenvalue weighted by molar-refractivity contribution is -0.125. The van der Waals surface area contributed by atoms with Crippen molar-refractivity contribution in [3.63, 3.8) is 0 Å². The second kappa shape index (κ2) is 13.2. The SMILES string of the molecule is [B]C([B])(Oc1cccc2c1CN(C(CCC=O)C(=O)NC)C2=O)c1cccc(CN(CC(C)O)CC(C)(C)C)c1F. The average Bonchev–Trinajstić information content (AvgIpc) is 3.20. The molecule has 1 aliphatic heterocycles. The lowest BCUT2D eigenvalue weighted by Gasteiger charge is -2.33. The van der Waals surface area contributed by atoms with Gasteiger partial charge in [0.2, 0.25) is 5.91 Å². The maximum absolute atomic E-state index is 15.9. The van der Waals surface area contributed by atoms with E-state index in [0.717, 1.165) is 0 Å². The van der Waals surface area contributed by atoms with Crippen LogP contribution in [-0.4, -0.2) is 81.0 Å². The molecule has 1 aliphatic rings. The molecule has 41 heavy (non-hydrogen) atoms. The lowest BCUT2D eigenvalue weighted by atomic mass is 9.60. The Labute approximate surface area is 244 Å². The molecule has 0 aromatic heterocycles. The summed E-state index contributed by atoms with van der Waals surface area (Å²) in [6.45, 7) is 9.12. The summed E-state index contributed by atoms with van der Waals surface area (Å²) in [5, 5.41) is 10.4. The number of carbonyl (C=O) groups is 3. The first-order chi connectivity index (χ1) is 19.2. The molecule has 2 aromatic carbocycles. The van der Waals surface area contributed by atoms with E-state index in [1.165, 1.54) is 18.0 Å². The number of nitrogens with one attached hydrogen (secondary N) is 1. The van der Waals surface area contributed by atoms with Gasteiger partial charge in [-0.05, 0) is 30.9 Å². The molecule has 1 heterocycles. The molecule has 0 saturated heterocycles. The Balaban J connectivity index is 1.90. The van der Waals surface area contributed by atoms with Crippen LogP contribution in [0.5, 0.6) is 5.75 Å². The van der Waals surface area contributed by atoms with E-state index in [-0.39, 0.29) is 42.7 Å². The fourth-order valence-corrected chi connectivity index (χ4v) is 5.21. The maximum atomic E-state index is 15.9. The van der Waals surface area contributed by atoms with E-state index in [9.17, 15) is 19.5 Å². The van der Waals surface area contributed by atoms with Gasteiger partial charge in [-0.1, -0.05) is 45.0 Å². The molecular formula is C30H38B2FN3O5. The van der Waals surface area contributed by atoms with E-state index in [1.54, 1.807) is 37.3 Å². The third-order valence-electron chi connectivity index (χ3n) is 6.83. The van der Waals surface area contributed by atoms with Gasteiger partial charge in [0.15, 0.2) is 0 Å². The van der Waals surface area contributed by atoms with E-state index in [1.807, 2.05) is 4.90 Å². The van der Waals surface area contributed by atoms with Crippen LogP contribution in [0, 0.1) is 11.2 Å². The van der Waals surface area contributed by atoms with Crippen LogP contribution in [0.4, 0.5) is 4.39 Å². The highest BCUT2D eigenvalue weighted by atomic mass is 19.1. The van der Waals surface area contributed by atoms with Crippen LogP contribution in [0.1, 0.15) is 67.6 Å². The quantitative estimate of drug-likeness (QED) is 0.289. The second-order valence-electron chi connectivity index (χ2n) is 11.8. The molecule has 11 heteroatoms. The number of aliphatic hydroxyl groups is 1. The minimum Gasteiger partial charge on any atom is -0.502 e. The van der Waals surface area contributed by atoms with E-state index < -0.39 is 35.2 Å². The summed E-state index contributed by atoms with van der Waals surface area (Å²) >= 11 is 0. The number of fused-ring (bicyclic) bond motifs is 1. The normalized spacial score (nSPS) is 15.0. The van der Waals surface area contributed by atoms with Crippen LogP contribution >= 0.6 is 0 Å². The predicted molar refractivity (Wildman–Crippen MR) is 156 cm³/mol. The van der Waals surface area contributed by atoms with Gasteiger partial charge in [-0.3, -0.25) is 14.5 Å². The molecule has 3 rings (SSSR count). The van der Waals surface area contributed by atoms with Crippen LogP contribution in [0.3, 0.4) is 0 Å². The van der Waals surface area contributed by atoms with Crippen LogP contribution in [-0.2, 0) is 28.1 Å². The molecule has 2 unspecified atom stereocenters. The molecule has 2 aromatic rings. The number of benzene rings is 2. The largest absolute Gasteiger partial charge is 0.502 e. The first-order valence-electron chi connectivity index (χ1n) is 13.7. The summed E-state index contributed by atoms with van der Waals surface area (Å²) in [6.07, 6.45) is 0.371. The number of likely N-dealkylation sites (N-methyl/N-ethyl adjacent to an activating group) is 1. The van der Waals surface area contributed by atoms with Gasteiger partial charge in [0.05, 0.1) is 18.0 Å². The topological polar surface area (TPSA) is 99.2 Å². The molecule has 0 fully saturated rings. The van der Waals surface area contributed by atoms with Gasteiger partial charge in [-0.25, -0.2) is 4.39 Å². The van der Waals surface area contributed by atoms with Crippen LogP contribution < -0.4 is 10.1 Å². The van der Waals surface area contributed by atoms with E-state index in [2.05, 4.69) is 26.1 Å². The Hall–Kier alpha value is -3.17. The zero-order valence-corrected chi connectivity index (χ0v) is 24.4. The Bertz CT molecular complexity index is 1270. The Morgan fingerprint density at radius 2 is 1.93 bits per heavy atom. The van der Waals surface area contributed by atoms with Gasteiger partial charge in [0.25, 0.3) is 5.91 Å². The first-order valence-corrected chi connectivity index (χ1v) is 13.7. The number of halogens is 1. The smallest absolute Gasteiger partial charge is 0.255 e. The summed E-state index contributed by atoms with van der Waals surface area (Å²) in [5.74, 6) is -1.23. The third kappa shape index (κ3) is 7.98. The number of nitrogens with zero attached hydrogens (tertiary/aromatic N) is 2. The minimum absolute atomic E-state index is 0.0288. The highest BCUT2D eigenvalue weighted by molar-refractivity contribution is 6.39. The number of carbonyl (C=O) groups excluding carboxylic acids is 3. The van der Waals surface area contributed by atoms with Crippen molar-refractivity contribution in [3.8, 4) is 5.75 Å².